The fourth-order valence-electron chi connectivity index (χ4n) is 3.66. The summed E-state index contributed by atoms with van der Waals surface area (Å²) in [6.07, 6.45) is 1.96. The summed E-state index contributed by atoms with van der Waals surface area (Å²) in [4.78, 5) is 33.9. The Hall–Kier alpha value is -4.18. The molecule has 9 nitrogen and oxygen atoms in total. The molecular weight excluding hydrogens is 492 g/mol. The predicted octanol–water partition coefficient (Wildman–Crippen LogP) is 3.81. The van der Waals surface area contributed by atoms with Gasteiger partial charge in [-0.15, -0.1) is 11.3 Å². The van der Waals surface area contributed by atoms with Crippen molar-refractivity contribution in [3.8, 4) is 39.1 Å². The number of hydrogen-bond acceptors (Lipinski definition) is 8. The molecule has 37 heavy (non-hydrogen) atoms. The van der Waals surface area contributed by atoms with Crippen molar-refractivity contribution in [1.82, 2.24) is 19.9 Å². The van der Waals surface area contributed by atoms with Gasteiger partial charge >= 0.3 is 0 Å². The third-order valence-corrected chi connectivity index (χ3v) is 6.48. The van der Waals surface area contributed by atoms with Crippen LogP contribution in [0, 0.1) is 0 Å². The molecule has 1 amide bonds. The molecule has 2 aromatic carbocycles. The highest BCUT2D eigenvalue weighted by Crippen LogP contribution is 2.33. The SMILES string of the molecule is CCOc1ccc(-c2cc(=O)n(CC(=O)NCCc3csc(-c4ccc(OC)c(OC)c4)n3)cn2)cc1. The van der Waals surface area contributed by atoms with Gasteiger partial charge in [-0.1, -0.05) is 0 Å². The quantitative estimate of drug-likeness (QED) is 0.321. The number of carbonyl (C=O) groups excluding carboxylic acids is 1. The fourth-order valence-corrected chi connectivity index (χ4v) is 4.51. The Kier molecular flexibility index (Phi) is 8.52. The van der Waals surface area contributed by atoms with Crippen LogP contribution < -0.4 is 25.1 Å². The Morgan fingerprint density at radius 1 is 1.03 bits per heavy atom. The molecule has 0 fully saturated rings. The molecule has 0 bridgehead atoms. The van der Waals surface area contributed by atoms with Crippen LogP contribution in [0.25, 0.3) is 21.8 Å². The lowest BCUT2D eigenvalue weighted by Gasteiger charge is -2.08. The first-order valence-electron chi connectivity index (χ1n) is 11.7. The zero-order chi connectivity index (χ0) is 26.2. The standard InChI is InChI=1S/C27H28N4O5S/c1-4-36-21-8-5-18(6-9-21)22-14-26(33)31(17-29-22)15-25(32)28-12-11-20-16-37-27(30-20)19-7-10-23(34-2)24(13-19)35-3/h5-10,13-14,16-17H,4,11-12,15H2,1-3H3,(H,28,32). The third kappa shape index (κ3) is 6.53. The van der Waals surface area contributed by atoms with Gasteiger partial charge in [0.25, 0.3) is 5.56 Å². The van der Waals surface area contributed by atoms with Gasteiger partial charge < -0.3 is 19.5 Å². The average molecular weight is 521 g/mol. The summed E-state index contributed by atoms with van der Waals surface area (Å²) in [5, 5.41) is 5.66. The molecule has 0 atom stereocenters. The molecule has 0 saturated carbocycles. The van der Waals surface area contributed by atoms with E-state index < -0.39 is 0 Å². The fraction of sp³-hybridized carbons (Fsp3) is 0.259. The number of rotatable bonds is 11. The van der Waals surface area contributed by atoms with Crippen molar-refractivity contribution in [2.24, 2.45) is 0 Å². The van der Waals surface area contributed by atoms with Crippen molar-refractivity contribution >= 4 is 17.2 Å². The number of benzene rings is 2. The first-order chi connectivity index (χ1) is 18.0. The molecule has 192 valence electrons. The van der Waals surface area contributed by atoms with E-state index in [0.717, 1.165) is 27.6 Å². The summed E-state index contributed by atoms with van der Waals surface area (Å²) < 4.78 is 17.4. The third-order valence-electron chi connectivity index (χ3n) is 5.54. The molecule has 2 heterocycles. The molecule has 2 aromatic heterocycles. The van der Waals surface area contributed by atoms with Crippen LogP contribution in [0.15, 0.2) is 65.0 Å². The van der Waals surface area contributed by atoms with Crippen LogP contribution >= 0.6 is 11.3 Å². The maximum atomic E-state index is 12.5. The van der Waals surface area contributed by atoms with Crippen LogP contribution in [0.2, 0.25) is 0 Å². The van der Waals surface area contributed by atoms with Crippen LogP contribution in [0.5, 0.6) is 17.2 Å². The van der Waals surface area contributed by atoms with Gasteiger partial charge in [-0.3, -0.25) is 14.2 Å². The van der Waals surface area contributed by atoms with E-state index in [-0.39, 0.29) is 18.0 Å². The first kappa shape index (κ1) is 25.9. The van der Waals surface area contributed by atoms with Gasteiger partial charge in [0.2, 0.25) is 5.91 Å². The molecule has 4 rings (SSSR count). The second-order valence-electron chi connectivity index (χ2n) is 8.01. The minimum atomic E-state index is -0.298. The van der Waals surface area contributed by atoms with Crippen molar-refractivity contribution in [2.45, 2.75) is 19.9 Å². The van der Waals surface area contributed by atoms with Crippen molar-refractivity contribution in [3.05, 3.63) is 76.3 Å². The Morgan fingerprint density at radius 2 is 1.78 bits per heavy atom. The minimum absolute atomic E-state index is 0.108. The van der Waals surface area contributed by atoms with E-state index in [2.05, 4.69) is 15.3 Å². The van der Waals surface area contributed by atoms with E-state index in [0.29, 0.717) is 36.8 Å². The van der Waals surface area contributed by atoms with Gasteiger partial charge in [0.05, 0.1) is 38.5 Å². The lowest BCUT2D eigenvalue weighted by molar-refractivity contribution is -0.121. The summed E-state index contributed by atoms with van der Waals surface area (Å²) >= 11 is 1.52. The van der Waals surface area contributed by atoms with Crippen molar-refractivity contribution < 1.29 is 19.0 Å². The zero-order valence-electron chi connectivity index (χ0n) is 20.9. The van der Waals surface area contributed by atoms with E-state index in [9.17, 15) is 9.59 Å². The van der Waals surface area contributed by atoms with Gasteiger partial charge in [0, 0.05) is 35.5 Å². The number of hydrogen-bond donors (Lipinski definition) is 1. The van der Waals surface area contributed by atoms with Crippen LogP contribution in [-0.4, -0.2) is 47.8 Å². The number of methoxy groups -OCH3 is 2. The lowest BCUT2D eigenvalue weighted by Crippen LogP contribution is -2.33. The Bertz CT molecular complexity index is 1420. The zero-order valence-corrected chi connectivity index (χ0v) is 21.7. The van der Waals surface area contributed by atoms with E-state index in [1.54, 1.807) is 14.2 Å². The smallest absolute Gasteiger partial charge is 0.254 e. The lowest BCUT2D eigenvalue weighted by atomic mass is 10.1. The Morgan fingerprint density at radius 3 is 2.49 bits per heavy atom. The highest BCUT2D eigenvalue weighted by Gasteiger charge is 2.11. The van der Waals surface area contributed by atoms with Gasteiger partial charge in [-0.25, -0.2) is 9.97 Å². The van der Waals surface area contributed by atoms with E-state index in [1.807, 2.05) is 54.8 Å². The molecule has 0 saturated heterocycles. The number of nitrogens with zero attached hydrogens (tertiary/aromatic N) is 3. The van der Waals surface area contributed by atoms with Crippen molar-refractivity contribution in [1.29, 1.82) is 0 Å². The molecular formula is C27H28N4O5S. The number of nitrogens with one attached hydrogen (secondary N) is 1. The van der Waals surface area contributed by atoms with Crippen molar-refractivity contribution in [3.63, 3.8) is 0 Å². The largest absolute Gasteiger partial charge is 0.494 e. The molecule has 0 radical (unpaired) electrons. The topological polar surface area (TPSA) is 105 Å². The highest BCUT2D eigenvalue weighted by molar-refractivity contribution is 7.13. The van der Waals surface area contributed by atoms with Gasteiger partial charge in [0.15, 0.2) is 11.5 Å². The molecule has 0 aliphatic rings. The number of thiazole rings is 1. The molecule has 0 aliphatic carbocycles. The van der Waals surface area contributed by atoms with Gasteiger partial charge in [0.1, 0.15) is 17.3 Å². The van der Waals surface area contributed by atoms with Crippen molar-refractivity contribution in [2.75, 3.05) is 27.4 Å². The number of aromatic nitrogens is 3. The number of ether oxygens (including phenoxy) is 3. The second kappa shape index (κ2) is 12.2. The average Bonchev–Trinajstić information content (AvgIpc) is 3.39. The summed E-state index contributed by atoms with van der Waals surface area (Å²) in [7, 11) is 3.19. The summed E-state index contributed by atoms with van der Waals surface area (Å²) in [5.41, 5.74) is 2.84. The molecule has 1 N–H and O–H groups in total. The van der Waals surface area contributed by atoms with Gasteiger partial charge in [-0.05, 0) is 49.4 Å². The Balaban J connectivity index is 1.30. The van der Waals surface area contributed by atoms with Crippen LogP contribution in [0.4, 0.5) is 0 Å². The van der Waals surface area contributed by atoms with E-state index in [4.69, 9.17) is 14.2 Å². The van der Waals surface area contributed by atoms with E-state index in [1.165, 1.54) is 28.3 Å². The molecule has 0 aliphatic heterocycles. The first-order valence-corrected chi connectivity index (χ1v) is 12.6. The summed E-state index contributed by atoms with van der Waals surface area (Å²) in [6, 6.07) is 14.4. The maximum absolute atomic E-state index is 12.5. The number of amides is 1. The summed E-state index contributed by atoms with van der Waals surface area (Å²) in [5.74, 6) is 1.78. The molecule has 10 heteroatoms. The second-order valence-corrected chi connectivity index (χ2v) is 8.87. The van der Waals surface area contributed by atoms with Gasteiger partial charge in [-0.2, -0.15) is 0 Å². The molecule has 0 spiro atoms. The molecule has 4 aromatic rings. The number of carbonyl (C=O) groups is 1. The predicted molar refractivity (Wildman–Crippen MR) is 142 cm³/mol. The minimum Gasteiger partial charge on any atom is -0.494 e. The van der Waals surface area contributed by atoms with Crippen LogP contribution in [0.1, 0.15) is 12.6 Å². The Labute approximate surface area is 218 Å². The summed E-state index contributed by atoms with van der Waals surface area (Å²) in [6.45, 7) is 2.80. The van der Waals surface area contributed by atoms with Crippen LogP contribution in [-0.2, 0) is 17.8 Å². The highest BCUT2D eigenvalue weighted by atomic mass is 32.1. The normalized spacial score (nSPS) is 10.7. The maximum Gasteiger partial charge on any atom is 0.254 e. The van der Waals surface area contributed by atoms with E-state index >= 15 is 0 Å². The monoisotopic (exact) mass is 520 g/mol. The molecule has 0 unspecified atom stereocenters. The van der Waals surface area contributed by atoms with Crippen LogP contribution in [0.3, 0.4) is 0 Å².